The third-order valence-corrected chi connectivity index (χ3v) is 5.49. The van der Waals surface area contributed by atoms with Crippen LogP contribution in [0.2, 0.25) is 0 Å². The van der Waals surface area contributed by atoms with Gasteiger partial charge in [0.05, 0.1) is 19.9 Å². The van der Waals surface area contributed by atoms with Crippen molar-refractivity contribution in [2.24, 2.45) is 0 Å². The summed E-state index contributed by atoms with van der Waals surface area (Å²) in [6, 6.07) is 14.1. The number of hydrogen-bond acceptors (Lipinski definition) is 4. The Morgan fingerprint density at radius 1 is 0.947 bits per heavy atom. The van der Waals surface area contributed by atoms with Crippen LogP contribution < -0.4 is 0 Å². The van der Waals surface area contributed by atoms with Gasteiger partial charge in [0.15, 0.2) is 0 Å². The lowest BCUT2D eigenvalue weighted by molar-refractivity contribution is 1.31. The number of nitriles is 1. The molecule has 3 rings (SSSR count). The topological polar surface area (TPSA) is 36.7 Å². The van der Waals surface area contributed by atoms with Crippen molar-refractivity contribution in [3.05, 3.63) is 51.9 Å². The van der Waals surface area contributed by atoms with Crippen molar-refractivity contribution in [1.82, 2.24) is 4.98 Å². The fourth-order valence-corrected chi connectivity index (χ4v) is 4.12. The van der Waals surface area contributed by atoms with Gasteiger partial charge in [-0.3, -0.25) is 4.98 Å². The van der Waals surface area contributed by atoms with Gasteiger partial charge in [0, 0.05) is 16.0 Å². The van der Waals surface area contributed by atoms with E-state index in [2.05, 4.69) is 51.2 Å². The van der Waals surface area contributed by atoms with Gasteiger partial charge >= 0.3 is 0 Å². The zero-order chi connectivity index (χ0) is 13.2. The Morgan fingerprint density at radius 3 is 2.32 bits per heavy atom. The summed E-state index contributed by atoms with van der Waals surface area (Å²) in [4.78, 5) is 7.91. The lowest BCUT2D eigenvalue weighted by Crippen LogP contribution is -1.81. The molecule has 0 N–H and O–H groups in total. The van der Waals surface area contributed by atoms with E-state index in [9.17, 15) is 0 Å². The molecule has 0 aliphatic heterocycles. The number of rotatable bonds is 2. The van der Waals surface area contributed by atoms with Gasteiger partial charge in [-0.05, 0) is 52.3 Å². The fourth-order valence-electron chi connectivity index (χ4n) is 1.66. The van der Waals surface area contributed by atoms with E-state index >= 15 is 0 Å². The number of pyridine rings is 1. The van der Waals surface area contributed by atoms with Crippen LogP contribution in [-0.2, 0) is 0 Å². The van der Waals surface area contributed by atoms with Crippen LogP contribution in [0.1, 0.15) is 5.56 Å². The molecule has 0 unspecified atom stereocenters. The summed E-state index contributed by atoms with van der Waals surface area (Å²) >= 11 is 6.91. The van der Waals surface area contributed by atoms with Crippen molar-refractivity contribution in [3.63, 3.8) is 0 Å². The number of halogens is 1. The second-order valence-electron chi connectivity index (χ2n) is 3.81. The standard InChI is InChI=1S/C14H7BrN2S2/c15-14-6-5-13(19-14)12-4-3-11(18-12)10-2-1-9(7-16)8-17-10/h1-6,8H. The maximum atomic E-state index is 8.76. The van der Waals surface area contributed by atoms with Gasteiger partial charge in [-0.2, -0.15) is 5.26 Å². The van der Waals surface area contributed by atoms with Gasteiger partial charge in [0.1, 0.15) is 6.07 Å². The first-order valence-electron chi connectivity index (χ1n) is 5.48. The number of aromatic nitrogens is 1. The highest BCUT2D eigenvalue weighted by molar-refractivity contribution is 9.11. The Labute approximate surface area is 127 Å². The predicted molar refractivity (Wildman–Crippen MR) is 83.3 cm³/mol. The molecule has 0 aromatic carbocycles. The molecule has 0 spiro atoms. The van der Waals surface area contributed by atoms with Gasteiger partial charge in [-0.15, -0.1) is 22.7 Å². The molecule has 0 aliphatic carbocycles. The highest BCUT2D eigenvalue weighted by Crippen LogP contribution is 2.38. The predicted octanol–water partition coefficient (Wildman–Crippen LogP) is 5.17. The van der Waals surface area contributed by atoms with Gasteiger partial charge in [-0.25, -0.2) is 0 Å². The van der Waals surface area contributed by atoms with Gasteiger partial charge in [0.25, 0.3) is 0 Å². The number of nitrogens with zero attached hydrogens (tertiary/aromatic N) is 2. The third-order valence-electron chi connectivity index (χ3n) is 2.57. The number of hydrogen-bond donors (Lipinski definition) is 0. The monoisotopic (exact) mass is 346 g/mol. The second-order valence-corrected chi connectivity index (χ2v) is 7.36. The first kappa shape index (κ1) is 12.5. The zero-order valence-electron chi connectivity index (χ0n) is 9.63. The molecule has 92 valence electrons. The van der Waals surface area contributed by atoms with Crippen LogP contribution in [0.5, 0.6) is 0 Å². The summed E-state index contributed by atoms with van der Waals surface area (Å²) in [5, 5.41) is 8.76. The molecule has 3 heterocycles. The first-order valence-corrected chi connectivity index (χ1v) is 7.91. The molecule has 3 aromatic rings. The summed E-state index contributed by atoms with van der Waals surface area (Å²) in [6.45, 7) is 0. The summed E-state index contributed by atoms with van der Waals surface area (Å²) < 4.78 is 1.13. The van der Waals surface area contributed by atoms with Crippen LogP contribution in [0.15, 0.2) is 46.4 Å². The molecule has 0 radical (unpaired) electrons. The van der Waals surface area contributed by atoms with Gasteiger partial charge in [0.2, 0.25) is 0 Å². The first-order chi connectivity index (χ1) is 9.26. The minimum Gasteiger partial charge on any atom is -0.254 e. The molecule has 3 aromatic heterocycles. The maximum Gasteiger partial charge on any atom is 0.101 e. The van der Waals surface area contributed by atoms with Crippen LogP contribution in [0.4, 0.5) is 0 Å². The van der Waals surface area contributed by atoms with Crippen LogP contribution in [0.3, 0.4) is 0 Å². The van der Waals surface area contributed by atoms with E-state index in [0.717, 1.165) is 14.4 Å². The van der Waals surface area contributed by atoms with E-state index in [1.165, 1.54) is 9.75 Å². The van der Waals surface area contributed by atoms with E-state index in [1.54, 1.807) is 34.9 Å². The van der Waals surface area contributed by atoms with Gasteiger partial charge < -0.3 is 0 Å². The average Bonchev–Trinajstić information content (AvgIpc) is 3.07. The van der Waals surface area contributed by atoms with Crippen LogP contribution in [0.25, 0.3) is 20.3 Å². The molecule has 0 aliphatic rings. The van der Waals surface area contributed by atoms with Crippen molar-refractivity contribution in [2.75, 3.05) is 0 Å². The molecule has 0 saturated heterocycles. The molecular formula is C14H7BrN2S2. The molecule has 0 amide bonds. The SMILES string of the molecule is N#Cc1ccc(-c2ccc(-c3ccc(Br)s3)s2)nc1. The van der Waals surface area contributed by atoms with E-state index in [4.69, 9.17) is 5.26 Å². The lowest BCUT2D eigenvalue weighted by Gasteiger charge is -1.95. The molecule has 2 nitrogen and oxygen atoms in total. The summed E-state index contributed by atoms with van der Waals surface area (Å²) in [5.41, 5.74) is 1.49. The Balaban J connectivity index is 1.94. The van der Waals surface area contributed by atoms with Crippen molar-refractivity contribution < 1.29 is 0 Å². The van der Waals surface area contributed by atoms with Crippen LogP contribution in [0, 0.1) is 11.3 Å². The highest BCUT2D eigenvalue weighted by atomic mass is 79.9. The lowest BCUT2D eigenvalue weighted by atomic mass is 10.2. The van der Waals surface area contributed by atoms with Crippen molar-refractivity contribution >= 4 is 38.6 Å². The Hall–Kier alpha value is -1.48. The summed E-state index contributed by atoms with van der Waals surface area (Å²) in [6.07, 6.45) is 1.61. The van der Waals surface area contributed by atoms with E-state index in [0.29, 0.717) is 5.56 Å². The van der Waals surface area contributed by atoms with E-state index in [1.807, 2.05) is 6.07 Å². The molecular weight excluding hydrogens is 340 g/mol. The minimum atomic E-state index is 0.586. The van der Waals surface area contributed by atoms with E-state index in [-0.39, 0.29) is 0 Å². The van der Waals surface area contributed by atoms with E-state index < -0.39 is 0 Å². The quantitative estimate of drug-likeness (QED) is 0.641. The Morgan fingerprint density at radius 2 is 1.68 bits per heavy atom. The minimum absolute atomic E-state index is 0.586. The molecule has 0 atom stereocenters. The summed E-state index contributed by atoms with van der Waals surface area (Å²) in [7, 11) is 0. The molecule has 0 bridgehead atoms. The summed E-state index contributed by atoms with van der Waals surface area (Å²) in [5.74, 6) is 0. The van der Waals surface area contributed by atoms with Crippen molar-refractivity contribution in [2.45, 2.75) is 0 Å². The average molecular weight is 347 g/mol. The maximum absolute atomic E-state index is 8.76. The smallest absolute Gasteiger partial charge is 0.101 e. The second kappa shape index (κ2) is 5.25. The van der Waals surface area contributed by atoms with Crippen molar-refractivity contribution in [3.8, 4) is 26.4 Å². The fraction of sp³-hybridized carbons (Fsp3) is 0. The van der Waals surface area contributed by atoms with Crippen LogP contribution in [-0.4, -0.2) is 4.98 Å². The normalized spacial score (nSPS) is 10.3. The molecule has 0 fully saturated rings. The van der Waals surface area contributed by atoms with Crippen molar-refractivity contribution in [1.29, 1.82) is 5.26 Å². The van der Waals surface area contributed by atoms with Crippen LogP contribution >= 0.6 is 38.6 Å². The number of thiophene rings is 2. The van der Waals surface area contributed by atoms with Gasteiger partial charge in [-0.1, -0.05) is 0 Å². The Kier molecular flexibility index (Phi) is 3.47. The Bertz CT molecular complexity index is 750. The molecule has 19 heavy (non-hydrogen) atoms. The molecule has 5 heteroatoms. The molecule has 0 saturated carbocycles. The highest BCUT2D eigenvalue weighted by Gasteiger charge is 2.07. The third kappa shape index (κ3) is 2.61. The largest absolute Gasteiger partial charge is 0.254 e. The zero-order valence-corrected chi connectivity index (χ0v) is 12.8.